The number of H-pyrrole nitrogens is 1. The number of hydrogen-bond acceptors (Lipinski definition) is 4. The number of halogens is 2. The standard InChI is InChI=1S/C18H12BrClN4O2/c19-14-7-6-13(9-15(14)20)26-10-12-8-16(25)24-18(21-12)22-17(23-24)11-4-2-1-3-5-11/h1-9H,10H2,(H,21,22,23). The van der Waals surface area contributed by atoms with Gasteiger partial charge in [0.25, 0.3) is 5.56 Å². The third kappa shape index (κ3) is 3.36. The van der Waals surface area contributed by atoms with Gasteiger partial charge in [-0.25, -0.2) is 0 Å². The summed E-state index contributed by atoms with van der Waals surface area (Å²) in [5.74, 6) is 1.45. The van der Waals surface area contributed by atoms with Gasteiger partial charge >= 0.3 is 0 Å². The second-order valence-electron chi connectivity index (χ2n) is 5.53. The Labute approximate surface area is 161 Å². The van der Waals surface area contributed by atoms with E-state index < -0.39 is 0 Å². The van der Waals surface area contributed by atoms with Crippen LogP contribution < -0.4 is 10.3 Å². The molecule has 4 rings (SSSR count). The van der Waals surface area contributed by atoms with Crippen molar-refractivity contribution < 1.29 is 4.74 Å². The Balaban J connectivity index is 1.62. The van der Waals surface area contributed by atoms with Crippen LogP contribution in [0.2, 0.25) is 5.02 Å². The van der Waals surface area contributed by atoms with Gasteiger partial charge in [-0.2, -0.15) is 9.50 Å². The topological polar surface area (TPSA) is 72.3 Å². The number of aromatic amines is 1. The van der Waals surface area contributed by atoms with Gasteiger partial charge in [0.2, 0.25) is 5.78 Å². The summed E-state index contributed by atoms with van der Waals surface area (Å²) in [7, 11) is 0. The molecule has 4 aromatic rings. The van der Waals surface area contributed by atoms with Crippen LogP contribution in [0.1, 0.15) is 5.69 Å². The summed E-state index contributed by atoms with van der Waals surface area (Å²) in [6.07, 6.45) is 0. The number of nitrogens with zero attached hydrogens (tertiary/aromatic N) is 3. The van der Waals surface area contributed by atoms with Gasteiger partial charge in [0.1, 0.15) is 12.4 Å². The average Bonchev–Trinajstić information content (AvgIpc) is 3.08. The van der Waals surface area contributed by atoms with Crippen molar-refractivity contribution in [2.24, 2.45) is 0 Å². The summed E-state index contributed by atoms with van der Waals surface area (Å²) in [5.41, 5.74) is 1.15. The van der Waals surface area contributed by atoms with Gasteiger partial charge in [0.15, 0.2) is 5.82 Å². The normalized spacial score (nSPS) is 11.0. The van der Waals surface area contributed by atoms with Crippen molar-refractivity contribution in [1.29, 1.82) is 0 Å². The van der Waals surface area contributed by atoms with Crippen LogP contribution in [0, 0.1) is 0 Å². The SMILES string of the molecule is O=c1cc(COc2ccc(Br)c(Cl)c2)[nH]c2nc(-c3ccccc3)nn12. The quantitative estimate of drug-likeness (QED) is 0.528. The van der Waals surface area contributed by atoms with Gasteiger partial charge < -0.3 is 9.72 Å². The van der Waals surface area contributed by atoms with Crippen molar-refractivity contribution in [3.05, 3.63) is 80.1 Å². The average molecular weight is 432 g/mol. The maximum Gasteiger partial charge on any atom is 0.276 e. The van der Waals surface area contributed by atoms with Gasteiger partial charge in [-0.05, 0) is 34.1 Å². The highest BCUT2D eigenvalue weighted by atomic mass is 79.9. The van der Waals surface area contributed by atoms with E-state index in [1.807, 2.05) is 30.3 Å². The summed E-state index contributed by atoms with van der Waals surface area (Å²) < 4.78 is 7.72. The molecule has 130 valence electrons. The third-order valence-electron chi connectivity index (χ3n) is 3.70. The number of nitrogens with one attached hydrogen (secondary N) is 1. The molecule has 1 N–H and O–H groups in total. The second kappa shape index (κ2) is 6.93. The van der Waals surface area contributed by atoms with Gasteiger partial charge in [0.05, 0.1) is 10.7 Å². The maximum atomic E-state index is 12.3. The smallest absolute Gasteiger partial charge is 0.276 e. The van der Waals surface area contributed by atoms with E-state index in [9.17, 15) is 4.79 Å². The summed E-state index contributed by atoms with van der Waals surface area (Å²) in [6.45, 7) is 0.178. The van der Waals surface area contributed by atoms with Crippen molar-refractivity contribution in [2.75, 3.05) is 0 Å². The first kappa shape index (κ1) is 16.8. The predicted molar refractivity (Wildman–Crippen MR) is 103 cm³/mol. The Morgan fingerprint density at radius 2 is 1.96 bits per heavy atom. The predicted octanol–water partition coefficient (Wildman–Crippen LogP) is 4.08. The van der Waals surface area contributed by atoms with E-state index in [-0.39, 0.29) is 12.2 Å². The fourth-order valence-electron chi connectivity index (χ4n) is 2.45. The van der Waals surface area contributed by atoms with Gasteiger partial charge in [-0.3, -0.25) is 4.79 Å². The fourth-order valence-corrected chi connectivity index (χ4v) is 2.87. The molecule has 2 aromatic heterocycles. The van der Waals surface area contributed by atoms with Gasteiger partial charge in [0, 0.05) is 16.1 Å². The lowest BCUT2D eigenvalue weighted by Crippen LogP contribution is -2.16. The molecule has 0 aliphatic carbocycles. The number of fused-ring (bicyclic) bond motifs is 1. The number of ether oxygens (including phenoxy) is 1. The first-order valence-corrected chi connectivity index (χ1v) is 8.89. The van der Waals surface area contributed by atoms with Gasteiger partial charge in [-0.1, -0.05) is 41.9 Å². The third-order valence-corrected chi connectivity index (χ3v) is 4.94. The Morgan fingerprint density at radius 3 is 2.73 bits per heavy atom. The Hall–Kier alpha value is -2.64. The molecule has 0 fully saturated rings. The molecule has 6 nitrogen and oxygen atoms in total. The van der Waals surface area contributed by atoms with Crippen molar-refractivity contribution in [2.45, 2.75) is 6.61 Å². The monoisotopic (exact) mass is 430 g/mol. The number of hydrogen-bond donors (Lipinski definition) is 1. The molecule has 0 atom stereocenters. The molecule has 0 bridgehead atoms. The summed E-state index contributed by atoms with van der Waals surface area (Å²) in [4.78, 5) is 19.8. The van der Waals surface area contributed by atoms with Crippen LogP contribution in [0.3, 0.4) is 0 Å². The molecule has 0 unspecified atom stereocenters. The molecule has 8 heteroatoms. The molecule has 2 heterocycles. The molecule has 0 radical (unpaired) electrons. The minimum absolute atomic E-state index is 0.178. The number of aromatic nitrogens is 4. The van der Waals surface area contributed by atoms with Crippen LogP contribution in [0.5, 0.6) is 5.75 Å². The molecule has 0 aliphatic heterocycles. The van der Waals surface area contributed by atoms with E-state index in [1.54, 1.807) is 18.2 Å². The Bertz CT molecular complexity index is 1140. The van der Waals surface area contributed by atoms with Crippen LogP contribution in [0.15, 0.2) is 63.9 Å². The van der Waals surface area contributed by atoms with E-state index in [4.69, 9.17) is 16.3 Å². The Kier molecular flexibility index (Phi) is 4.48. The minimum Gasteiger partial charge on any atom is -0.487 e. The lowest BCUT2D eigenvalue weighted by molar-refractivity contribution is 0.301. The fraction of sp³-hybridized carbons (Fsp3) is 0.0556. The lowest BCUT2D eigenvalue weighted by atomic mass is 10.2. The van der Waals surface area contributed by atoms with Crippen molar-refractivity contribution in [1.82, 2.24) is 19.6 Å². The first-order chi connectivity index (χ1) is 12.6. The molecule has 0 aliphatic rings. The van der Waals surface area contributed by atoms with E-state index >= 15 is 0 Å². The highest BCUT2D eigenvalue weighted by Crippen LogP contribution is 2.27. The molecule has 2 aromatic carbocycles. The second-order valence-corrected chi connectivity index (χ2v) is 6.80. The summed E-state index contributed by atoms with van der Waals surface area (Å²) in [6, 6.07) is 16.2. The number of benzene rings is 2. The highest BCUT2D eigenvalue weighted by Gasteiger charge is 2.10. The van der Waals surface area contributed by atoms with E-state index in [0.717, 1.165) is 10.0 Å². The first-order valence-electron chi connectivity index (χ1n) is 7.72. The van der Waals surface area contributed by atoms with E-state index in [0.29, 0.717) is 28.1 Å². The number of rotatable bonds is 4. The van der Waals surface area contributed by atoms with E-state index in [2.05, 4.69) is 31.0 Å². The van der Waals surface area contributed by atoms with Crippen LogP contribution in [-0.2, 0) is 6.61 Å². The van der Waals surface area contributed by atoms with Crippen LogP contribution in [0.25, 0.3) is 17.2 Å². The molecule has 0 saturated heterocycles. The largest absolute Gasteiger partial charge is 0.487 e. The molecular formula is C18H12BrClN4O2. The zero-order valence-corrected chi connectivity index (χ0v) is 15.7. The van der Waals surface area contributed by atoms with Gasteiger partial charge in [-0.15, -0.1) is 5.10 Å². The van der Waals surface area contributed by atoms with E-state index in [1.165, 1.54) is 10.6 Å². The molecule has 0 spiro atoms. The molecule has 26 heavy (non-hydrogen) atoms. The van der Waals surface area contributed by atoms with Crippen molar-refractivity contribution in [3.8, 4) is 17.1 Å². The summed E-state index contributed by atoms with van der Waals surface area (Å²) in [5, 5.41) is 4.81. The zero-order valence-electron chi connectivity index (χ0n) is 13.3. The van der Waals surface area contributed by atoms with Crippen LogP contribution in [0.4, 0.5) is 0 Å². The molecular weight excluding hydrogens is 420 g/mol. The minimum atomic E-state index is -0.277. The zero-order chi connectivity index (χ0) is 18.1. The highest BCUT2D eigenvalue weighted by molar-refractivity contribution is 9.10. The van der Waals surface area contributed by atoms with Crippen LogP contribution in [-0.4, -0.2) is 19.6 Å². The van der Waals surface area contributed by atoms with Crippen molar-refractivity contribution >= 4 is 33.3 Å². The lowest BCUT2D eigenvalue weighted by Gasteiger charge is -2.07. The molecule has 0 saturated carbocycles. The summed E-state index contributed by atoms with van der Waals surface area (Å²) >= 11 is 9.38. The maximum absolute atomic E-state index is 12.3. The van der Waals surface area contributed by atoms with Crippen LogP contribution >= 0.6 is 27.5 Å². The molecule has 0 amide bonds. The van der Waals surface area contributed by atoms with Crippen molar-refractivity contribution in [3.63, 3.8) is 0 Å². The Morgan fingerprint density at radius 1 is 1.15 bits per heavy atom.